The van der Waals surface area contributed by atoms with Crippen molar-refractivity contribution in [3.63, 3.8) is 0 Å². The molecule has 0 spiro atoms. The van der Waals surface area contributed by atoms with Gasteiger partial charge in [-0.05, 0) is 22.3 Å². The Kier molecular flexibility index (Phi) is 5.11. The van der Waals surface area contributed by atoms with Crippen molar-refractivity contribution in [2.24, 2.45) is 0 Å². The molecule has 4 aromatic rings. The van der Waals surface area contributed by atoms with Crippen LogP contribution in [0, 0.1) is 0 Å². The van der Waals surface area contributed by atoms with Crippen LogP contribution < -0.4 is 0 Å². The molecular formula is C30H26O3. The van der Waals surface area contributed by atoms with Gasteiger partial charge in [0.15, 0.2) is 11.2 Å². The van der Waals surface area contributed by atoms with E-state index in [-0.39, 0.29) is 12.2 Å². The summed E-state index contributed by atoms with van der Waals surface area (Å²) in [6.45, 7) is 1.24. The van der Waals surface area contributed by atoms with E-state index >= 15 is 0 Å². The maximum atomic E-state index is 7.01. The summed E-state index contributed by atoms with van der Waals surface area (Å²) in [5.41, 5.74) is 2.79. The van der Waals surface area contributed by atoms with Crippen LogP contribution in [0.5, 0.6) is 0 Å². The molecule has 164 valence electrons. The van der Waals surface area contributed by atoms with Crippen LogP contribution in [0.2, 0.25) is 0 Å². The van der Waals surface area contributed by atoms with Gasteiger partial charge >= 0.3 is 0 Å². The minimum atomic E-state index is -0.858. The Morgan fingerprint density at radius 3 is 1.70 bits per heavy atom. The fourth-order valence-electron chi connectivity index (χ4n) is 5.06. The third-order valence-corrected chi connectivity index (χ3v) is 6.69. The minimum Gasteiger partial charge on any atom is -0.371 e. The van der Waals surface area contributed by atoms with Crippen LogP contribution in [0.25, 0.3) is 0 Å². The normalized spacial score (nSPS) is 23.8. The highest BCUT2D eigenvalue weighted by Crippen LogP contribution is 2.68. The predicted molar refractivity (Wildman–Crippen MR) is 128 cm³/mol. The highest BCUT2D eigenvalue weighted by atomic mass is 16.7. The Balaban J connectivity index is 1.62. The molecular weight excluding hydrogens is 408 g/mol. The summed E-state index contributed by atoms with van der Waals surface area (Å²) < 4.78 is 19.4. The van der Waals surface area contributed by atoms with Crippen molar-refractivity contribution in [1.82, 2.24) is 0 Å². The van der Waals surface area contributed by atoms with Gasteiger partial charge < -0.3 is 14.2 Å². The van der Waals surface area contributed by atoms with Gasteiger partial charge in [-0.3, -0.25) is 0 Å². The van der Waals surface area contributed by atoms with Crippen molar-refractivity contribution in [1.29, 1.82) is 0 Å². The maximum Gasteiger partial charge on any atom is 0.161 e. The third kappa shape index (κ3) is 3.41. The molecule has 3 heteroatoms. The first kappa shape index (κ1) is 20.4. The van der Waals surface area contributed by atoms with Gasteiger partial charge in [0.05, 0.1) is 13.2 Å². The van der Waals surface area contributed by atoms with Crippen LogP contribution in [0.15, 0.2) is 121 Å². The van der Waals surface area contributed by atoms with E-state index in [1.807, 2.05) is 24.3 Å². The average Bonchev–Trinajstić information content (AvgIpc) is 3.83. The first-order valence-corrected chi connectivity index (χ1v) is 11.5. The molecule has 4 aromatic carbocycles. The van der Waals surface area contributed by atoms with Crippen LogP contribution in [0.4, 0.5) is 0 Å². The molecule has 2 saturated heterocycles. The van der Waals surface area contributed by atoms with Crippen molar-refractivity contribution in [3.05, 3.63) is 144 Å². The third-order valence-electron chi connectivity index (χ3n) is 6.69. The van der Waals surface area contributed by atoms with Crippen molar-refractivity contribution in [2.45, 2.75) is 23.4 Å². The Bertz CT molecular complexity index is 1150. The zero-order valence-electron chi connectivity index (χ0n) is 18.3. The molecule has 0 saturated carbocycles. The highest BCUT2D eigenvalue weighted by Gasteiger charge is 2.72. The summed E-state index contributed by atoms with van der Waals surface area (Å²) in [6.07, 6.45) is -0.0276. The van der Waals surface area contributed by atoms with Crippen LogP contribution in [0.1, 0.15) is 28.4 Å². The molecule has 2 heterocycles. The predicted octanol–water partition coefficient (Wildman–Crippen LogP) is 6.01. The summed E-state index contributed by atoms with van der Waals surface area (Å²) >= 11 is 0. The van der Waals surface area contributed by atoms with Crippen LogP contribution >= 0.6 is 0 Å². The lowest BCUT2D eigenvalue weighted by molar-refractivity contribution is -0.0831. The zero-order valence-corrected chi connectivity index (χ0v) is 18.3. The van der Waals surface area contributed by atoms with Crippen molar-refractivity contribution >= 4 is 0 Å². The monoisotopic (exact) mass is 434 g/mol. The standard InChI is InChI=1S/C30H26O3/c1-5-13-23(14-6-1)28-30(33-28,26-19-11-4-12-20-26)29(32-22-27-21-31-27,24-15-7-2-8-16-24)25-17-9-3-10-18-25/h1-20,27-28H,21-22H2. The van der Waals surface area contributed by atoms with Crippen LogP contribution in [-0.2, 0) is 25.4 Å². The lowest BCUT2D eigenvalue weighted by Crippen LogP contribution is -2.46. The topological polar surface area (TPSA) is 34.3 Å². The fraction of sp³-hybridized carbons (Fsp3) is 0.200. The van der Waals surface area contributed by atoms with Gasteiger partial charge in [-0.15, -0.1) is 0 Å². The van der Waals surface area contributed by atoms with Crippen LogP contribution in [0.3, 0.4) is 0 Å². The van der Waals surface area contributed by atoms with Gasteiger partial charge in [0, 0.05) is 0 Å². The van der Waals surface area contributed by atoms with Crippen LogP contribution in [-0.4, -0.2) is 19.3 Å². The Labute approximate surface area is 194 Å². The van der Waals surface area contributed by atoms with Crippen molar-refractivity contribution in [3.8, 4) is 0 Å². The lowest BCUT2D eigenvalue weighted by atomic mass is 9.69. The molecule has 0 bridgehead atoms. The quantitative estimate of drug-likeness (QED) is 0.318. The Morgan fingerprint density at radius 2 is 1.18 bits per heavy atom. The first-order valence-electron chi connectivity index (χ1n) is 11.5. The molecule has 0 aliphatic carbocycles. The summed E-state index contributed by atoms with van der Waals surface area (Å²) in [4.78, 5) is 0. The van der Waals surface area contributed by atoms with E-state index in [0.29, 0.717) is 6.61 Å². The molecule has 2 aliphatic rings. The molecule has 3 nitrogen and oxygen atoms in total. The lowest BCUT2D eigenvalue weighted by Gasteiger charge is -2.41. The van der Waals surface area contributed by atoms with Crippen molar-refractivity contribution < 1.29 is 14.2 Å². The van der Waals surface area contributed by atoms with Gasteiger partial charge in [0.2, 0.25) is 0 Å². The van der Waals surface area contributed by atoms with Gasteiger partial charge in [-0.1, -0.05) is 121 Å². The smallest absolute Gasteiger partial charge is 0.161 e. The summed E-state index contributed by atoms with van der Waals surface area (Å²) in [5.74, 6) is 0. The van der Waals surface area contributed by atoms with Gasteiger partial charge in [-0.2, -0.15) is 0 Å². The fourth-order valence-corrected chi connectivity index (χ4v) is 5.06. The molecule has 3 unspecified atom stereocenters. The molecule has 0 N–H and O–H groups in total. The molecule has 0 amide bonds. The number of epoxide rings is 2. The Hall–Kier alpha value is -3.24. The van der Waals surface area contributed by atoms with E-state index in [9.17, 15) is 0 Å². The second kappa shape index (κ2) is 8.27. The minimum absolute atomic E-state index is 0.124. The number of hydrogen-bond acceptors (Lipinski definition) is 3. The van der Waals surface area contributed by atoms with Gasteiger partial charge in [0.1, 0.15) is 12.2 Å². The summed E-state index contributed by atoms with van der Waals surface area (Å²) in [6, 6.07) is 41.9. The molecule has 2 fully saturated rings. The summed E-state index contributed by atoms with van der Waals surface area (Å²) in [5, 5.41) is 0. The molecule has 0 radical (unpaired) electrons. The number of hydrogen-bond donors (Lipinski definition) is 0. The largest absolute Gasteiger partial charge is 0.371 e. The number of rotatable bonds is 8. The SMILES string of the molecule is c1ccc(C2OC2(c2ccccc2)C(OCC2CO2)(c2ccccc2)c2ccccc2)cc1. The van der Waals surface area contributed by atoms with E-state index < -0.39 is 11.2 Å². The molecule has 3 atom stereocenters. The second-order valence-electron chi connectivity index (χ2n) is 8.69. The zero-order chi connectivity index (χ0) is 22.1. The highest BCUT2D eigenvalue weighted by molar-refractivity contribution is 5.50. The maximum absolute atomic E-state index is 7.01. The summed E-state index contributed by atoms with van der Waals surface area (Å²) in [7, 11) is 0. The first-order chi connectivity index (χ1) is 16.3. The number of ether oxygens (including phenoxy) is 3. The van der Waals surface area contributed by atoms with Crippen molar-refractivity contribution in [2.75, 3.05) is 13.2 Å². The van der Waals surface area contributed by atoms with E-state index in [2.05, 4.69) is 97.1 Å². The molecule has 2 aliphatic heterocycles. The molecule has 6 rings (SSSR count). The van der Waals surface area contributed by atoms with Gasteiger partial charge in [-0.25, -0.2) is 0 Å². The second-order valence-corrected chi connectivity index (χ2v) is 8.69. The molecule has 33 heavy (non-hydrogen) atoms. The van der Waals surface area contributed by atoms with E-state index in [0.717, 1.165) is 28.9 Å². The van der Waals surface area contributed by atoms with E-state index in [1.54, 1.807) is 0 Å². The van der Waals surface area contributed by atoms with E-state index in [1.165, 1.54) is 0 Å². The number of benzene rings is 4. The van der Waals surface area contributed by atoms with E-state index in [4.69, 9.17) is 14.2 Å². The average molecular weight is 435 g/mol. The van der Waals surface area contributed by atoms with Gasteiger partial charge in [0.25, 0.3) is 0 Å². The molecule has 0 aromatic heterocycles. The Morgan fingerprint density at radius 1 is 0.697 bits per heavy atom.